The molecular weight excluding hydrogens is 338 g/mol. The Hall–Kier alpha value is -2.92. The number of amides is 1. The quantitative estimate of drug-likeness (QED) is 0.767. The molecule has 5 nitrogen and oxygen atoms in total. The van der Waals surface area contributed by atoms with Crippen LogP contribution in [0, 0.1) is 0 Å². The minimum absolute atomic E-state index is 0.211. The molecule has 0 fully saturated rings. The van der Waals surface area contributed by atoms with Gasteiger partial charge in [0.25, 0.3) is 11.5 Å². The van der Waals surface area contributed by atoms with Crippen molar-refractivity contribution in [2.75, 3.05) is 6.54 Å². The molecule has 0 radical (unpaired) electrons. The Morgan fingerprint density at radius 1 is 1.04 bits per heavy atom. The lowest BCUT2D eigenvalue weighted by Crippen LogP contribution is -2.31. The van der Waals surface area contributed by atoms with E-state index in [0.717, 1.165) is 5.56 Å². The standard InChI is InChI=1S/C19H16ClN3O2/c20-16-8-4-7-15(13-16)19(25)21-11-12-23-18(24)10-9-17(22-23)14-5-2-1-3-6-14/h1-10,13H,11-12H2,(H,21,25). The van der Waals surface area contributed by atoms with Gasteiger partial charge in [0, 0.05) is 28.8 Å². The van der Waals surface area contributed by atoms with Gasteiger partial charge in [0.2, 0.25) is 0 Å². The third-order valence-corrected chi connectivity index (χ3v) is 3.87. The SMILES string of the molecule is O=C(NCCn1nc(-c2ccccc2)ccc1=O)c1cccc(Cl)c1. The fraction of sp³-hybridized carbons (Fsp3) is 0.105. The Labute approximate surface area is 149 Å². The van der Waals surface area contributed by atoms with Crippen LogP contribution in [-0.4, -0.2) is 22.2 Å². The van der Waals surface area contributed by atoms with Gasteiger partial charge in [-0.3, -0.25) is 9.59 Å². The first kappa shape index (κ1) is 16.9. The molecule has 25 heavy (non-hydrogen) atoms. The molecule has 6 heteroatoms. The van der Waals surface area contributed by atoms with Crippen LogP contribution in [0.4, 0.5) is 0 Å². The van der Waals surface area contributed by atoms with E-state index in [0.29, 0.717) is 16.3 Å². The number of hydrogen-bond donors (Lipinski definition) is 1. The molecule has 3 rings (SSSR count). The van der Waals surface area contributed by atoms with E-state index in [9.17, 15) is 9.59 Å². The number of rotatable bonds is 5. The second-order valence-corrected chi connectivity index (χ2v) is 5.85. The molecule has 0 spiro atoms. The summed E-state index contributed by atoms with van der Waals surface area (Å²) in [5.41, 5.74) is 1.91. The molecule has 0 saturated carbocycles. The largest absolute Gasteiger partial charge is 0.350 e. The molecule has 1 heterocycles. The molecule has 0 aliphatic carbocycles. The van der Waals surface area contributed by atoms with Gasteiger partial charge in [-0.2, -0.15) is 5.10 Å². The monoisotopic (exact) mass is 353 g/mol. The molecule has 0 unspecified atom stereocenters. The zero-order valence-corrected chi connectivity index (χ0v) is 14.1. The Morgan fingerprint density at radius 2 is 1.84 bits per heavy atom. The van der Waals surface area contributed by atoms with Crippen molar-refractivity contribution in [3.63, 3.8) is 0 Å². The van der Waals surface area contributed by atoms with Crippen molar-refractivity contribution < 1.29 is 4.79 Å². The topological polar surface area (TPSA) is 64.0 Å². The Morgan fingerprint density at radius 3 is 2.60 bits per heavy atom. The normalized spacial score (nSPS) is 10.4. The van der Waals surface area contributed by atoms with Crippen molar-refractivity contribution in [2.24, 2.45) is 0 Å². The van der Waals surface area contributed by atoms with Crippen molar-refractivity contribution in [3.8, 4) is 11.3 Å². The minimum atomic E-state index is -0.241. The predicted octanol–water partition coefficient (Wildman–Crippen LogP) is 2.99. The smallest absolute Gasteiger partial charge is 0.266 e. The van der Waals surface area contributed by atoms with Gasteiger partial charge in [-0.15, -0.1) is 0 Å². The number of carbonyl (C=O) groups excluding carboxylic acids is 1. The summed E-state index contributed by atoms with van der Waals surface area (Å²) in [4.78, 5) is 24.0. The number of carbonyl (C=O) groups is 1. The lowest BCUT2D eigenvalue weighted by atomic mass is 10.1. The highest BCUT2D eigenvalue weighted by Gasteiger charge is 2.07. The maximum atomic E-state index is 12.1. The third-order valence-electron chi connectivity index (χ3n) is 3.63. The van der Waals surface area contributed by atoms with E-state index in [1.807, 2.05) is 30.3 Å². The van der Waals surface area contributed by atoms with E-state index in [-0.39, 0.29) is 24.6 Å². The zero-order chi connectivity index (χ0) is 17.6. The highest BCUT2D eigenvalue weighted by atomic mass is 35.5. The predicted molar refractivity (Wildman–Crippen MR) is 97.7 cm³/mol. The summed E-state index contributed by atoms with van der Waals surface area (Å²) < 4.78 is 1.35. The minimum Gasteiger partial charge on any atom is -0.350 e. The van der Waals surface area contributed by atoms with Gasteiger partial charge in [-0.05, 0) is 24.3 Å². The van der Waals surface area contributed by atoms with Crippen LogP contribution in [0.3, 0.4) is 0 Å². The van der Waals surface area contributed by atoms with Gasteiger partial charge < -0.3 is 5.32 Å². The highest BCUT2D eigenvalue weighted by Crippen LogP contribution is 2.14. The lowest BCUT2D eigenvalue weighted by Gasteiger charge is -2.09. The van der Waals surface area contributed by atoms with E-state index in [1.54, 1.807) is 30.3 Å². The van der Waals surface area contributed by atoms with Gasteiger partial charge in [0.05, 0.1) is 12.2 Å². The summed E-state index contributed by atoms with van der Waals surface area (Å²) in [6.45, 7) is 0.572. The van der Waals surface area contributed by atoms with Crippen LogP contribution in [0.1, 0.15) is 10.4 Å². The summed E-state index contributed by atoms with van der Waals surface area (Å²) >= 11 is 5.88. The summed E-state index contributed by atoms with van der Waals surface area (Å²) in [5.74, 6) is -0.241. The van der Waals surface area contributed by atoms with Crippen LogP contribution in [0.25, 0.3) is 11.3 Å². The summed E-state index contributed by atoms with van der Waals surface area (Å²) in [6, 6.07) is 19.5. The number of halogens is 1. The Balaban J connectivity index is 1.67. The first-order valence-electron chi connectivity index (χ1n) is 7.81. The van der Waals surface area contributed by atoms with Crippen molar-refractivity contribution in [3.05, 3.63) is 87.7 Å². The first-order valence-corrected chi connectivity index (χ1v) is 8.18. The highest BCUT2D eigenvalue weighted by molar-refractivity contribution is 6.30. The zero-order valence-electron chi connectivity index (χ0n) is 13.4. The van der Waals surface area contributed by atoms with Crippen LogP contribution in [-0.2, 0) is 6.54 Å². The summed E-state index contributed by atoms with van der Waals surface area (Å²) in [6.07, 6.45) is 0. The number of nitrogens with one attached hydrogen (secondary N) is 1. The Bertz CT molecular complexity index is 939. The lowest BCUT2D eigenvalue weighted by molar-refractivity contribution is 0.0951. The summed E-state index contributed by atoms with van der Waals surface area (Å²) in [5, 5.41) is 7.62. The van der Waals surface area contributed by atoms with Crippen LogP contribution in [0.15, 0.2) is 71.5 Å². The van der Waals surface area contributed by atoms with Crippen LogP contribution < -0.4 is 10.9 Å². The molecule has 1 amide bonds. The number of nitrogens with zero attached hydrogens (tertiary/aromatic N) is 2. The van der Waals surface area contributed by atoms with Gasteiger partial charge >= 0.3 is 0 Å². The van der Waals surface area contributed by atoms with E-state index >= 15 is 0 Å². The second kappa shape index (κ2) is 7.77. The maximum absolute atomic E-state index is 12.1. The third kappa shape index (κ3) is 4.33. The van der Waals surface area contributed by atoms with E-state index in [4.69, 9.17) is 11.6 Å². The van der Waals surface area contributed by atoms with Crippen LogP contribution in [0.2, 0.25) is 5.02 Å². The van der Waals surface area contributed by atoms with Gasteiger partial charge in [-0.25, -0.2) is 4.68 Å². The molecule has 0 atom stereocenters. The molecule has 2 aromatic carbocycles. The molecule has 0 bridgehead atoms. The average Bonchev–Trinajstić information content (AvgIpc) is 2.64. The molecule has 126 valence electrons. The molecule has 1 aromatic heterocycles. The van der Waals surface area contributed by atoms with Gasteiger partial charge in [0.15, 0.2) is 0 Å². The molecule has 3 aromatic rings. The number of hydrogen-bond acceptors (Lipinski definition) is 3. The van der Waals surface area contributed by atoms with E-state index < -0.39 is 0 Å². The maximum Gasteiger partial charge on any atom is 0.266 e. The van der Waals surface area contributed by atoms with Crippen LogP contribution >= 0.6 is 11.6 Å². The fourth-order valence-electron chi connectivity index (χ4n) is 2.38. The van der Waals surface area contributed by atoms with E-state index in [1.165, 1.54) is 10.7 Å². The van der Waals surface area contributed by atoms with Crippen molar-refractivity contribution >= 4 is 17.5 Å². The molecule has 0 saturated heterocycles. The molecular formula is C19H16ClN3O2. The second-order valence-electron chi connectivity index (χ2n) is 5.41. The van der Waals surface area contributed by atoms with Gasteiger partial charge in [-0.1, -0.05) is 48.0 Å². The van der Waals surface area contributed by atoms with Crippen molar-refractivity contribution in [1.82, 2.24) is 15.1 Å². The fourth-order valence-corrected chi connectivity index (χ4v) is 2.57. The molecule has 0 aliphatic rings. The first-order chi connectivity index (χ1) is 12.1. The molecule has 1 N–H and O–H groups in total. The number of aromatic nitrogens is 2. The number of benzene rings is 2. The van der Waals surface area contributed by atoms with Crippen molar-refractivity contribution in [1.29, 1.82) is 0 Å². The van der Waals surface area contributed by atoms with Gasteiger partial charge in [0.1, 0.15) is 0 Å². The van der Waals surface area contributed by atoms with Crippen LogP contribution in [0.5, 0.6) is 0 Å². The summed E-state index contributed by atoms with van der Waals surface area (Å²) in [7, 11) is 0. The Kier molecular flexibility index (Phi) is 5.26. The average molecular weight is 354 g/mol. The molecule has 0 aliphatic heterocycles. The van der Waals surface area contributed by atoms with Crippen molar-refractivity contribution in [2.45, 2.75) is 6.54 Å². The van der Waals surface area contributed by atoms with E-state index in [2.05, 4.69) is 10.4 Å².